The van der Waals surface area contributed by atoms with Crippen LogP contribution in [-0.4, -0.2) is 22.4 Å². The average Bonchev–Trinajstić information content (AvgIpc) is 1.90. The Morgan fingerprint density at radius 1 is 1.80 bits per heavy atom. The zero-order chi connectivity index (χ0) is 8.15. The van der Waals surface area contributed by atoms with Crippen molar-refractivity contribution in [2.45, 2.75) is 13.0 Å². The summed E-state index contributed by atoms with van der Waals surface area (Å²) >= 11 is 0. The van der Waals surface area contributed by atoms with Crippen molar-refractivity contribution in [2.75, 3.05) is 0 Å². The lowest BCUT2D eigenvalue weighted by Gasteiger charge is -2.08. The Hall–Kier alpha value is -0.673. The average molecular weight is 156 g/mol. The monoisotopic (exact) mass is 156 g/mol. The molecule has 0 aliphatic heterocycles. The molecule has 10 heavy (non-hydrogen) atoms. The van der Waals surface area contributed by atoms with Crippen molar-refractivity contribution in [2.24, 2.45) is 0 Å². The molecule has 0 fully saturated rings. The molecule has 0 amide bonds. The summed E-state index contributed by atoms with van der Waals surface area (Å²) in [6.07, 6.45) is 1.02. The first-order valence-corrected chi connectivity index (χ1v) is 3.80. The van der Waals surface area contributed by atoms with Gasteiger partial charge in [-0.2, -0.15) is 0 Å². The topological polar surface area (TPSA) is 26.3 Å². The number of rotatable bonds is 4. The molecule has 0 saturated carbocycles. The minimum Gasteiger partial charge on any atom is -0.415 e. The largest absolute Gasteiger partial charge is 0.415 e. The molecule has 0 aromatic heterocycles. The smallest absolute Gasteiger partial charge is 0.189 e. The maximum Gasteiger partial charge on any atom is 0.189 e. The minimum absolute atomic E-state index is 0.0787. The van der Waals surface area contributed by atoms with E-state index in [2.05, 4.69) is 13.2 Å². The first kappa shape index (κ1) is 9.33. The third-order valence-electron chi connectivity index (χ3n) is 1.15. The van der Waals surface area contributed by atoms with Gasteiger partial charge in [0.25, 0.3) is 0 Å². The van der Waals surface area contributed by atoms with E-state index >= 15 is 0 Å². The Morgan fingerprint density at radius 2 is 2.30 bits per heavy atom. The fraction of sp³-hybridized carbons (Fsp3) is 0.286. The van der Waals surface area contributed by atoms with Gasteiger partial charge in [-0.15, -0.1) is 6.58 Å². The molecule has 0 aliphatic rings. The molecule has 0 rings (SSSR count). The fourth-order valence-corrected chi connectivity index (χ4v) is 0.960. The molecule has 0 bridgehead atoms. The standard InChI is InChI=1S/C7H12O2Si/c1-4-6(9-10)7(8)5(2)3/h4,6H,1-2H2,3,10H3. The summed E-state index contributed by atoms with van der Waals surface area (Å²) in [6.45, 7) is 8.65. The summed E-state index contributed by atoms with van der Waals surface area (Å²) in [5.41, 5.74) is 0.515. The summed E-state index contributed by atoms with van der Waals surface area (Å²) in [6, 6.07) is 0. The number of Topliss-reactive ketones (excluding diaryl/α,β-unsaturated/α-hetero) is 1. The van der Waals surface area contributed by atoms with Crippen molar-refractivity contribution in [3.8, 4) is 0 Å². The number of carbonyl (C=O) groups excluding carboxylic acids is 1. The normalized spacial score (nSPS) is 12.5. The van der Waals surface area contributed by atoms with Crippen LogP contribution in [0, 0.1) is 0 Å². The lowest BCUT2D eigenvalue weighted by Crippen LogP contribution is -2.20. The maximum atomic E-state index is 11.0. The Labute approximate surface area is 64.1 Å². The molecule has 0 saturated heterocycles. The van der Waals surface area contributed by atoms with Crippen molar-refractivity contribution < 1.29 is 9.22 Å². The van der Waals surface area contributed by atoms with Crippen LogP contribution in [0.2, 0.25) is 0 Å². The van der Waals surface area contributed by atoms with Crippen LogP contribution in [0.3, 0.4) is 0 Å². The van der Waals surface area contributed by atoms with Gasteiger partial charge >= 0.3 is 0 Å². The maximum absolute atomic E-state index is 11.0. The summed E-state index contributed by atoms with van der Waals surface area (Å²) in [5.74, 6) is -0.0787. The zero-order valence-electron chi connectivity index (χ0n) is 6.39. The molecule has 3 heteroatoms. The molecule has 2 nitrogen and oxygen atoms in total. The van der Waals surface area contributed by atoms with E-state index in [1.54, 1.807) is 6.92 Å². The molecular weight excluding hydrogens is 144 g/mol. The molecule has 1 unspecified atom stereocenters. The first-order chi connectivity index (χ1) is 4.63. The van der Waals surface area contributed by atoms with E-state index in [0.717, 1.165) is 0 Å². The molecule has 1 atom stereocenters. The second-order valence-corrected chi connectivity index (χ2v) is 2.51. The van der Waals surface area contributed by atoms with E-state index in [-0.39, 0.29) is 5.78 Å². The predicted molar refractivity (Wildman–Crippen MR) is 44.8 cm³/mol. The second kappa shape index (κ2) is 4.19. The third-order valence-corrected chi connectivity index (χ3v) is 1.65. The second-order valence-electron chi connectivity index (χ2n) is 2.04. The number of ketones is 1. The van der Waals surface area contributed by atoms with Crippen molar-refractivity contribution >= 4 is 16.3 Å². The molecular formula is C7H12O2Si. The van der Waals surface area contributed by atoms with Crippen molar-refractivity contribution in [3.63, 3.8) is 0 Å². The van der Waals surface area contributed by atoms with Gasteiger partial charge in [0.1, 0.15) is 16.6 Å². The molecule has 0 N–H and O–H groups in total. The highest BCUT2D eigenvalue weighted by atomic mass is 28.2. The number of hydrogen-bond donors (Lipinski definition) is 0. The lowest BCUT2D eigenvalue weighted by atomic mass is 10.1. The SMILES string of the molecule is C=CC(O[SiH3])C(=O)C(=C)C. The fourth-order valence-electron chi connectivity index (χ4n) is 0.553. The van der Waals surface area contributed by atoms with E-state index < -0.39 is 6.10 Å². The van der Waals surface area contributed by atoms with Gasteiger partial charge in [-0.05, 0) is 12.5 Å². The summed E-state index contributed by atoms with van der Waals surface area (Å²) in [4.78, 5) is 11.0. The molecule has 0 aromatic rings. The van der Waals surface area contributed by atoms with E-state index in [1.165, 1.54) is 6.08 Å². The van der Waals surface area contributed by atoms with E-state index in [4.69, 9.17) is 4.43 Å². The molecule has 0 radical (unpaired) electrons. The predicted octanol–water partition coefficient (Wildman–Crippen LogP) is -0.0168. The third kappa shape index (κ3) is 2.29. The van der Waals surface area contributed by atoms with Crippen molar-refractivity contribution in [3.05, 3.63) is 24.8 Å². The molecule has 0 aliphatic carbocycles. The Morgan fingerprint density at radius 3 is 2.40 bits per heavy atom. The van der Waals surface area contributed by atoms with Gasteiger partial charge in [0.05, 0.1) is 0 Å². The highest BCUT2D eigenvalue weighted by molar-refractivity contribution is 6.04. The number of hydrogen-bond acceptors (Lipinski definition) is 2. The number of carbonyl (C=O) groups is 1. The van der Waals surface area contributed by atoms with Crippen LogP contribution >= 0.6 is 0 Å². The van der Waals surface area contributed by atoms with Crippen molar-refractivity contribution in [1.29, 1.82) is 0 Å². The highest BCUT2D eigenvalue weighted by Crippen LogP contribution is 2.00. The lowest BCUT2D eigenvalue weighted by molar-refractivity contribution is -0.120. The highest BCUT2D eigenvalue weighted by Gasteiger charge is 2.12. The summed E-state index contributed by atoms with van der Waals surface area (Å²) in [5, 5.41) is 0. The Bertz CT molecular complexity index is 163. The van der Waals surface area contributed by atoms with Gasteiger partial charge in [0, 0.05) is 0 Å². The van der Waals surface area contributed by atoms with Gasteiger partial charge in [-0.3, -0.25) is 4.79 Å². The van der Waals surface area contributed by atoms with Crippen LogP contribution in [-0.2, 0) is 9.22 Å². The Kier molecular flexibility index (Phi) is 3.91. The van der Waals surface area contributed by atoms with Gasteiger partial charge in [0.2, 0.25) is 0 Å². The van der Waals surface area contributed by atoms with Gasteiger partial charge in [0.15, 0.2) is 5.78 Å². The van der Waals surface area contributed by atoms with Crippen molar-refractivity contribution in [1.82, 2.24) is 0 Å². The van der Waals surface area contributed by atoms with Crippen LogP contribution in [0.15, 0.2) is 24.8 Å². The molecule has 56 valence electrons. The van der Waals surface area contributed by atoms with E-state index in [0.29, 0.717) is 16.1 Å². The van der Waals surface area contributed by atoms with Crippen LogP contribution in [0.5, 0.6) is 0 Å². The van der Waals surface area contributed by atoms with Gasteiger partial charge < -0.3 is 4.43 Å². The van der Waals surface area contributed by atoms with Crippen LogP contribution in [0.4, 0.5) is 0 Å². The molecule has 0 spiro atoms. The van der Waals surface area contributed by atoms with E-state index in [9.17, 15) is 4.79 Å². The van der Waals surface area contributed by atoms with Gasteiger partial charge in [-0.1, -0.05) is 12.7 Å². The van der Waals surface area contributed by atoms with Crippen LogP contribution in [0.1, 0.15) is 6.92 Å². The van der Waals surface area contributed by atoms with Gasteiger partial charge in [-0.25, -0.2) is 0 Å². The van der Waals surface area contributed by atoms with Crippen LogP contribution in [0.25, 0.3) is 0 Å². The van der Waals surface area contributed by atoms with E-state index in [1.807, 2.05) is 0 Å². The zero-order valence-corrected chi connectivity index (χ0v) is 8.39. The molecule has 0 aromatic carbocycles. The summed E-state index contributed by atoms with van der Waals surface area (Å²) in [7, 11) is 0.542. The van der Waals surface area contributed by atoms with Crippen LogP contribution < -0.4 is 0 Å². The summed E-state index contributed by atoms with van der Waals surface area (Å²) < 4.78 is 4.93. The quantitative estimate of drug-likeness (QED) is 0.325. The molecule has 0 heterocycles. The Balaban J connectivity index is 4.15. The first-order valence-electron chi connectivity index (χ1n) is 2.98. The minimum atomic E-state index is -0.468.